The van der Waals surface area contributed by atoms with E-state index in [9.17, 15) is 14.9 Å². The Balaban J connectivity index is 1.90. The summed E-state index contributed by atoms with van der Waals surface area (Å²) in [6, 6.07) is 12.0. The van der Waals surface area contributed by atoms with E-state index in [0.29, 0.717) is 6.54 Å². The lowest BCUT2D eigenvalue weighted by Crippen LogP contribution is -2.30. The van der Waals surface area contributed by atoms with Gasteiger partial charge in [-0.1, -0.05) is 28.1 Å². The number of nitrogens with zero attached hydrogens (tertiary/aromatic N) is 2. The van der Waals surface area contributed by atoms with Crippen molar-refractivity contribution in [3.05, 3.63) is 68.2 Å². The van der Waals surface area contributed by atoms with Crippen molar-refractivity contribution in [1.82, 2.24) is 4.90 Å². The Morgan fingerprint density at radius 2 is 1.92 bits per heavy atom. The van der Waals surface area contributed by atoms with Crippen LogP contribution in [0.1, 0.15) is 11.1 Å². The SMILES string of the molecule is Cc1cc(Br)ccc1NC(=O)CN(C)Cc1ccc([N+](=O)[O-])cc1. The third-order valence-corrected chi connectivity index (χ3v) is 3.97. The van der Waals surface area contributed by atoms with E-state index >= 15 is 0 Å². The van der Waals surface area contributed by atoms with Crippen molar-refractivity contribution < 1.29 is 9.72 Å². The summed E-state index contributed by atoms with van der Waals surface area (Å²) in [6.45, 7) is 2.69. The van der Waals surface area contributed by atoms with Gasteiger partial charge in [-0.2, -0.15) is 0 Å². The summed E-state index contributed by atoms with van der Waals surface area (Å²) in [6.07, 6.45) is 0. The van der Waals surface area contributed by atoms with Gasteiger partial charge < -0.3 is 5.32 Å². The number of benzene rings is 2. The Hall–Kier alpha value is -2.25. The molecule has 0 saturated carbocycles. The molecule has 0 fully saturated rings. The molecule has 0 heterocycles. The lowest BCUT2D eigenvalue weighted by atomic mass is 10.2. The monoisotopic (exact) mass is 391 g/mol. The van der Waals surface area contributed by atoms with E-state index in [1.54, 1.807) is 12.1 Å². The Bertz CT molecular complexity index is 747. The summed E-state index contributed by atoms with van der Waals surface area (Å²) in [5.41, 5.74) is 2.74. The molecule has 0 aromatic heterocycles. The van der Waals surface area contributed by atoms with Gasteiger partial charge >= 0.3 is 0 Å². The number of rotatable bonds is 6. The molecule has 0 bridgehead atoms. The molecular formula is C17H18BrN3O3. The number of carbonyl (C=O) groups is 1. The fraction of sp³-hybridized carbons (Fsp3) is 0.235. The first-order chi connectivity index (χ1) is 11.3. The molecule has 0 aliphatic heterocycles. The summed E-state index contributed by atoms with van der Waals surface area (Å²) >= 11 is 3.39. The number of anilines is 1. The van der Waals surface area contributed by atoms with Gasteiger partial charge in [0.1, 0.15) is 0 Å². The lowest BCUT2D eigenvalue weighted by Gasteiger charge is -2.17. The van der Waals surface area contributed by atoms with Crippen LogP contribution in [0.5, 0.6) is 0 Å². The van der Waals surface area contributed by atoms with Crippen LogP contribution in [-0.2, 0) is 11.3 Å². The third kappa shape index (κ3) is 5.14. The zero-order chi connectivity index (χ0) is 17.7. The van der Waals surface area contributed by atoms with Crippen LogP contribution in [0.3, 0.4) is 0 Å². The van der Waals surface area contributed by atoms with Gasteiger partial charge in [-0.15, -0.1) is 0 Å². The van der Waals surface area contributed by atoms with Gasteiger partial charge in [0, 0.05) is 28.8 Å². The molecule has 6 nitrogen and oxygen atoms in total. The second-order valence-electron chi connectivity index (χ2n) is 5.60. The molecule has 1 N–H and O–H groups in total. The van der Waals surface area contributed by atoms with E-state index in [2.05, 4.69) is 21.2 Å². The molecular weight excluding hydrogens is 374 g/mol. The number of nitrogens with one attached hydrogen (secondary N) is 1. The molecule has 24 heavy (non-hydrogen) atoms. The number of aryl methyl sites for hydroxylation is 1. The lowest BCUT2D eigenvalue weighted by molar-refractivity contribution is -0.384. The maximum absolute atomic E-state index is 12.1. The molecule has 0 atom stereocenters. The van der Waals surface area contributed by atoms with Gasteiger partial charge in [-0.25, -0.2) is 0 Å². The topological polar surface area (TPSA) is 75.5 Å². The number of hydrogen-bond acceptors (Lipinski definition) is 4. The molecule has 2 rings (SSSR count). The second-order valence-corrected chi connectivity index (χ2v) is 6.52. The highest BCUT2D eigenvalue weighted by Gasteiger charge is 2.10. The Labute approximate surface area is 148 Å². The van der Waals surface area contributed by atoms with Crippen molar-refractivity contribution >= 4 is 33.2 Å². The molecule has 2 aromatic rings. The summed E-state index contributed by atoms with van der Waals surface area (Å²) in [7, 11) is 1.83. The number of amides is 1. The number of carbonyl (C=O) groups excluding carboxylic acids is 1. The van der Waals surface area contributed by atoms with E-state index < -0.39 is 4.92 Å². The first-order valence-electron chi connectivity index (χ1n) is 7.33. The Kier molecular flexibility index (Phi) is 6.05. The van der Waals surface area contributed by atoms with Crippen LogP contribution < -0.4 is 5.32 Å². The molecule has 0 unspecified atom stereocenters. The average molecular weight is 392 g/mol. The highest BCUT2D eigenvalue weighted by Crippen LogP contribution is 2.20. The van der Waals surface area contributed by atoms with Crippen molar-refractivity contribution in [2.45, 2.75) is 13.5 Å². The third-order valence-electron chi connectivity index (χ3n) is 3.48. The fourth-order valence-electron chi connectivity index (χ4n) is 2.29. The number of halogens is 1. The van der Waals surface area contributed by atoms with Crippen LogP contribution in [0.2, 0.25) is 0 Å². The van der Waals surface area contributed by atoms with Crippen molar-refractivity contribution in [3.8, 4) is 0 Å². The van der Waals surface area contributed by atoms with E-state index in [4.69, 9.17) is 0 Å². The maximum Gasteiger partial charge on any atom is 0.269 e. The predicted octanol–water partition coefficient (Wildman–Crippen LogP) is 3.74. The molecule has 0 spiro atoms. The number of nitro benzene ring substituents is 1. The number of nitro groups is 1. The van der Waals surface area contributed by atoms with Gasteiger partial charge in [-0.3, -0.25) is 19.8 Å². The summed E-state index contributed by atoms with van der Waals surface area (Å²) in [5.74, 6) is -0.107. The minimum absolute atomic E-state index is 0.0601. The molecule has 126 valence electrons. The quantitative estimate of drug-likeness (QED) is 0.600. The van der Waals surface area contributed by atoms with Crippen LogP contribution in [0.25, 0.3) is 0 Å². The number of non-ortho nitro benzene ring substituents is 1. The van der Waals surface area contributed by atoms with E-state index in [1.807, 2.05) is 37.1 Å². The smallest absolute Gasteiger partial charge is 0.269 e. The van der Waals surface area contributed by atoms with Crippen LogP contribution in [0, 0.1) is 17.0 Å². The predicted molar refractivity (Wildman–Crippen MR) is 96.9 cm³/mol. The average Bonchev–Trinajstić information content (AvgIpc) is 2.50. The van der Waals surface area contributed by atoms with Crippen LogP contribution >= 0.6 is 15.9 Å². The summed E-state index contributed by atoms with van der Waals surface area (Å²) < 4.78 is 0.966. The Morgan fingerprint density at radius 1 is 1.25 bits per heavy atom. The number of likely N-dealkylation sites (N-methyl/N-ethyl adjacent to an activating group) is 1. The summed E-state index contributed by atoms with van der Waals surface area (Å²) in [4.78, 5) is 24.2. The van der Waals surface area contributed by atoms with Crippen LogP contribution in [0.15, 0.2) is 46.9 Å². The molecule has 0 aliphatic rings. The Morgan fingerprint density at radius 3 is 2.50 bits per heavy atom. The molecule has 0 aliphatic carbocycles. The maximum atomic E-state index is 12.1. The van der Waals surface area contributed by atoms with Crippen LogP contribution in [-0.4, -0.2) is 29.3 Å². The van der Waals surface area contributed by atoms with Gasteiger partial charge in [0.05, 0.1) is 11.5 Å². The fourth-order valence-corrected chi connectivity index (χ4v) is 2.77. The molecule has 0 radical (unpaired) electrons. The summed E-state index contributed by atoms with van der Waals surface area (Å²) in [5, 5.41) is 13.5. The zero-order valence-corrected chi connectivity index (χ0v) is 15.0. The van der Waals surface area contributed by atoms with Gasteiger partial charge in [0.15, 0.2) is 0 Å². The molecule has 0 saturated heterocycles. The largest absolute Gasteiger partial charge is 0.325 e. The van der Waals surface area contributed by atoms with Gasteiger partial charge in [0.2, 0.25) is 5.91 Å². The van der Waals surface area contributed by atoms with Crippen LogP contribution in [0.4, 0.5) is 11.4 Å². The van der Waals surface area contributed by atoms with Crippen molar-refractivity contribution in [1.29, 1.82) is 0 Å². The van der Waals surface area contributed by atoms with Crippen molar-refractivity contribution in [2.24, 2.45) is 0 Å². The van der Waals surface area contributed by atoms with Gasteiger partial charge in [0.25, 0.3) is 5.69 Å². The van der Waals surface area contributed by atoms with E-state index in [1.165, 1.54) is 12.1 Å². The van der Waals surface area contributed by atoms with Crippen molar-refractivity contribution in [3.63, 3.8) is 0 Å². The minimum atomic E-state index is -0.429. The normalized spacial score (nSPS) is 10.7. The first kappa shape index (κ1) is 18.1. The van der Waals surface area contributed by atoms with E-state index in [0.717, 1.165) is 21.3 Å². The first-order valence-corrected chi connectivity index (χ1v) is 8.12. The molecule has 2 aromatic carbocycles. The molecule has 7 heteroatoms. The van der Waals surface area contributed by atoms with E-state index in [-0.39, 0.29) is 18.1 Å². The molecule has 1 amide bonds. The second kappa shape index (κ2) is 8.03. The zero-order valence-electron chi connectivity index (χ0n) is 13.5. The van der Waals surface area contributed by atoms with Gasteiger partial charge in [-0.05, 0) is 43.3 Å². The number of hydrogen-bond donors (Lipinski definition) is 1. The standard InChI is InChI=1S/C17H18BrN3O3/c1-12-9-14(18)5-8-16(12)19-17(22)11-20(2)10-13-3-6-15(7-4-13)21(23)24/h3-9H,10-11H2,1-2H3,(H,19,22). The van der Waals surface area contributed by atoms with Crippen molar-refractivity contribution in [2.75, 3.05) is 18.9 Å². The highest BCUT2D eigenvalue weighted by atomic mass is 79.9. The minimum Gasteiger partial charge on any atom is -0.325 e. The highest BCUT2D eigenvalue weighted by molar-refractivity contribution is 9.10.